The maximum atomic E-state index is 12.1. The van der Waals surface area contributed by atoms with E-state index in [0.717, 1.165) is 10.7 Å². The average molecular weight is 264 g/mol. The van der Waals surface area contributed by atoms with Crippen molar-refractivity contribution in [2.24, 2.45) is 0 Å². The average Bonchev–Trinajstić information content (AvgIpc) is 2.98. The first kappa shape index (κ1) is 12.8. The second-order valence-electron chi connectivity index (χ2n) is 4.44. The van der Waals surface area contributed by atoms with Gasteiger partial charge in [0.2, 0.25) is 5.82 Å². The minimum absolute atomic E-state index is 0.161. The topological polar surface area (TPSA) is 61.9 Å². The molecule has 2 rings (SSSR count). The number of hydrogen-bond donors (Lipinski definition) is 1. The van der Waals surface area contributed by atoms with E-state index in [1.165, 1.54) is 0 Å². The van der Waals surface area contributed by atoms with Crippen LogP contribution < -0.4 is 0 Å². The predicted molar refractivity (Wildman–Crippen MR) is 70.6 cm³/mol. The predicted octanol–water partition coefficient (Wildman–Crippen LogP) is 2.26. The Bertz CT molecular complexity index is 518. The maximum Gasteiger partial charge on any atom is 0.293 e. The van der Waals surface area contributed by atoms with Crippen molar-refractivity contribution in [2.75, 3.05) is 7.05 Å². The van der Waals surface area contributed by atoms with Crippen LogP contribution in [-0.2, 0) is 6.54 Å². The van der Waals surface area contributed by atoms with Crippen LogP contribution >= 0.6 is 11.3 Å². The Kier molecular flexibility index (Phi) is 3.76. The molecule has 0 aliphatic heterocycles. The first-order valence-corrected chi connectivity index (χ1v) is 6.66. The van der Waals surface area contributed by atoms with Crippen LogP contribution in [0.1, 0.15) is 41.1 Å². The van der Waals surface area contributed by atoms with E-state index < -0.39 is 0 Å². The second-order valence-corrected chi connectivity index (χ2v) is 5.47. The van der Waals surface area contributed by atoms with Crippen LogP contribution in [-0.4, -0.2) is 33.0 Å². The third-order valence-corrected chi connectivity index (χ3v) is 3.42. The van der Waals surface area contributed by atoms with Gasteiger partial charge in [-0.2, -0.15) is 0 Å². The normalized spacial score (nSPS) is 10.9. The molecule has 0 aliphatic rings. The van der Waals surface area contributed by atoms with Gasteiger partial charge in [0.15, 0.2) is 0 Å². The highest BCUT2D eigenvalue weighted by atomic mass is 32.1. The molecule has 2 heterocycles. The molecule has 0 fully saturated rings. The van der Waals surface area contributed by atoms with Crippen molar-refractivity contribution in [3.8, 4) is 0 Å². The number of H-pyrrole nitrogens is 1. The van der Waals surface area contributed by atoms with Gasteiger partial charge in [-0.1, -0.05) is 19.9 Å². The summed E-state index contributed by atoms with van der Waals surface area (Å²) >= 11 is 1.63. The van der Waals surface area contributed by atoms with Gasteiger partial charge in [0.25, 0.3) is 5.91 Å². The van der Waals surface area contributed by atoms with Crippen molar-refractivity contribution in [3.05, 3.63) is 34.0 Å². The molecule has 0 bridgehead atoms. The maximum absolute atomic E-state index is 12.1. The lowest BCUT2D eigenvalue weighted by Gasteiger charge is -2.13. The zero-order chi connectivity index (χ0) is 13.1. The summed E-state index contributed by atoms with van der Waals surface area (Å²) in [5.74, 6) is 1.05. The minimum atomic E-state index is -0.161. The number of aromatic amines is 1. The molecule has 1 N–H and O–H groups in total. The Labute approximate surface area is 110 Å². The molecule has 0 radical (unpaired) electrons. The highest BCUT2D eigenvalue weighted by Gasteiger charge is 2.18. The number of nitrogens with zero attached hydrogens (tertiary/aromatic N) is 3. The molecule has 0 spiro atoms. The lowest BCUT2D eigenvalue weighted by atomic mass is 10.2. The van der Waals surface area contributed by atoms with Gasteiger partial charge in [0.1, 0.15) is 5.82 Å². The van der Waals surface area contributed by atoms with Gasteiger partial charge < -0.3 is 4.90 Å². The fraction of sp³-hybridized carbons (Fsp3) is 0.417. The van der Waals surface area contributed by atoms with E-state index in [1.54, 1.807) is 23.3 Å². The third-order valence-electron chi connectivity index (χ3n) is 2.56. The quantitative estimate of drug-likeness (QED) is 0.921. The van der Waals surface area contributed by atoms with Crippen LogP contribution in [0.2, 0.25) is 0 Å². The van der Waals surface area contributed by atoms with Gasteiger partial charge in [-0.05, 0) is 11.4 Å². The summed E-state index contributed by atoms with van der Waals surface area (Å²) in [5.41, 5.74) is 0. The van der Waals surface area contributed by atoms with Crippen molar-refractivity contribution < 1.29 is 4.79 Å². The van der Waals surface area contributed by atoms with Gasteiger partial charge in [-0.25, -0.2) is 4.98 Å². The molecule has 2 aromatic rings. The van der Waals surface area contributed by atoms with Gasteiger partial charge in [0.05, 0.1) is 6.54 Å². The largest absolute Gasteiger partial charge is 0.334 e. The van der Waals surface area contributed by atoms with E-state index in [-0.39, 0.29) is 17.6 Å². The minimum Gasteiger partial charge on any atom is -0.334 e. The molecular formula is C12H16N4OS. The van der Waals surface area contributed by atoms with E-state index in [2.05, 4.69) is 15.2 Å². The van der Waals surface area contributed by atoms with Crippen molar-refractivity contribution in [1.82, 2.24) is 20.1 Å². The van der Waals surface area contributed by atoms with Crippen LogP contribution in [0, 0.1) is 0 Å². The highest BCUT2D eigenvalue weighted by Crippen LogP contribution is 2.13. The molecule has 6 heteroatoms. The fourth-order valence-electron chi connectivity index (χ4n) is 1.51. The van der Waals surface area contributed by atoms with Gasteiger partial charge in [-0.15, -0.1) is 16.4 Å². The molecule has 0 saturated heterocycles. The number of carbonyl (C=O) groups excluding carboxylic acids is 1. The van der Waals surface area contributed by atoms with E-state index >= 15 is 0 Å². The fourth-order valence-corrected chi connectivity index (χ4v) is 2.26. The van der Waals surface area contributed by atoms with Crippen molar-refractivity contribution in [2.45, 2.75) is 26.3 Å². The number of rotatable bonds is 4. The number of aromatic nitrogens is 3. The Morgan fingerprint density at radius 2 is 2.33 bits per heavy atom. The molecule has 0 aliphatic carbocycles. The Morgan fingerprint density at radius 3 is 2.89 bits per heavy atom. The molecule has 0 unspecified atom stereocenters. The molecule has 18 heavy (non-hydrogen) atoms. The van der Waals surface area contributed by atoms with Crippen LogP contribution in [0.3, 0.4) is 0 Å². The molecule has 0 aromatic carbocycles. The number of nitrogens with one attached hydrogen (secondary N) is 1. The summed E-state index contributed by atoms with van der Waals surface area (Å²) in [6.45, 7) is 4.59. The lowest BCUT2D eigenvalue weighted by molar-refractivity contribution is 0.0774. The highest BCUT2D eigenvalue weighted by molar-refractivity contribution is 7.09. The monoisotopic (exact) mass is 264 g/mol. The Balaban J connectivity index is 2.05. The number of amides is 1. The van der Waals surface area contributed by atoms with Crippen molar-refractivity contribution in [1.29, 1.82) is 0 Å². The SMILES string of the molecule is CC(C)c1nc(C(=O)N(C)Cc2cccs2)n[nH]1. The second kappa shape index (κ2) is 5.30. The molecule has 2 aromatic heterocycles. The summed E-state index contributed by atoms with van der Waals surface area (Å²) in [6, 6.07) is 3.98. The summed E-state index contributed by atoms with van der Waals surface area (Å²) < 4.78 is 0. The summed E-state index contributed by atoms with van der Waals surface area (Å²) in [5, 5.41) is 8.75. The molecule has 96 valence electrons. The zero-order valence-corrected chi connectivity index (χ0v) is 11.5. The molecule has 5 nitrogen and oxygen atoms in total. The van der Waals surface area contributed by atoms with Gasteiger partial charge >= 0.3 is 0 Å². The van der Waals surface area contributed by atoms with Crippen molar-refractivity contribution in [3.63, 3.8) is 0 Å². The summed E-state index contributed by atoms with van der Waals surface area (Å²) in [6.07, 6.45) is 0. The van der Waals surface area contributed by atoms with E-state index in [4.69, 9.17) is 0 Å². The van der Waals surface area contributed by atoms with Gasteiger partial charge in [-0.3, -0.25) is 9.89 Å². The van der Waals surface area contributed by atoms with Crippen LogP contribution in [0.5, 0.6) is 0 Å². The number of carbonyl (C=O) groups is 1. The Hall–Kier alpha value is -1.69. The third kappa shape index (κ3) is 2.76. The zero-order valence-electron chi connectivity index (χ0n) is 10.7. The van der Waals surface area contributed by atoms with E-state index in [1.807, 2.05) is 31.4 Å². The smallest absolute Gasteiger partial charge is 0.293 e. The van der Waals surface area contributed by atoms with Crippen LogP contribution in [0.15, 0.2) is 17.5 Å². The first-order chi connectivity index (χ1) is 8.58. The van der Waals surface area contributed by atoms with Crippen LogP contribution in [0.4, 0.5) is 0 Å². The number of thiophene rings is 1. The number of hydrogen-bond acceptors (Lipinski definition) is 4. The first-order valence-electron chi connectivity index (χ1n) is 5.78. The van der Waals surface area contributed by atoms with Crippen LogP contribution in [0.25, 0.3) is 0 Å². The summed E-state index contributed by atoms with van der Waals surface area (Å²) in [7, 11) is 1.76. The van der Waals surface area contributed by atoms with E-state index in [0.29, 0.717) is 6.54 Å². The van der Waals surface area contributed by atoms with Crippen molar-refractivity contribution >= 4 is 17.2 Å². The van der Waals surface area contributed by atoms with E-state index in [9.17, 15) is 4.79 Å². The molecule has 1 amide bonds. The lowest BCUT2D eigenvalue weighted by Crippen LogP contribution is -2.26. The Morgan fingerprint density at radius 1 is 1.56 bits per heavy atom. The molecule has 0 saturated carbocycles. The molecular weight excluding hydrogens is 248 g/mol. The standard InChI is InChI=1S/C12H16N4OS/c1-8(2)10-13-11(15-14-10)12(17)16(3)7-9-5-4-6-18-9/h4-6,8H,7H2,1-3H3,(H,13,14,15). The molecule has 0 atom stereocenters. The summed E-state index contributed by atoms with van der Waals surface area (Å²) in [4.78, 5) is 19.1. The van der Waals surface area contributed by atoms with Gasteiger partial charge in [0, 0.05) is 17.8 Å².